The molecule has 1 aliphatic carbocycles. The lowest BCUT2D eigenvalue weighted by Gasteiger charge is -2.04. The fourth-order valence-corrected chi connectivity index (χ4v) is 4.83. The highest BCUT2D eigenvalue weighted by Gasteiger charge is 2.34. The fraction of sp³-hybridized carbons (Fsp3) is 0.407. The van der Waals surface area contributed by atoms with Crippen LogP contribution in [0.25, 0.3) is 11.1 Å². The smallest absolute Gasteiger partial charge is 0.322 e. The predicted octanol–water partition coefficient (Wildman–Crippen LogP) is 4.28. The molecule has 2 unspecified atom stereocenters. The predicted molar refractivity (Wildman–Crippen MR) is 150 cm³/mol. The molecule has 12 heteroatoms. The number of benzene rings is 1. The van der Waals surface area contributed by atoms with Crippen LogP contribution in [0.2, 0.25) is 0 Å². The van der Waals surface area contributed by atoms with Gasteiger partial charge in [0.2, 0.25) is 0 Å². The summed E-state index contributed by atoms with van der Waals surface area (Å²) in [4.78, 5) is 40.3. The van der Waals surface area contributed by atoms with Gasteiger partial charge in [-0.05, 0) is 42.7 Å². The van der Waals surface area contributed by atoms with Crippen LogP contribution in [0.3, 0.4) is 0 Å². The summed E-state index contributed by atoms with van der Waals surface area (Å²) < 4.78 is 25.3. The number of carbonyl (C=O) groups is 3. The van der Waals surface area contributed by atoms with E-state index in [2.05, 4.69) is 20.3 Å². The number of carbonyl (C=O) groups excluding carboxylic acids is 3. The van der Waals surface area contributed by atoms with Gasteiger partial charge in [0.15, 0.2) is 11.6 Å². The molecule has 6 rings (SSSR count). The Kier molecular flexibility index (Phi) is 10.0. The zero-order chi connectivity index (χ0) is 28.7. The van der Waals surface area contributed by atoms with E-state index in [0.717, 1.165) is 29.7 Å². The molecular weight excluding hydrogens is 522 g/mol. The van der Waals surface area contributed by atoms with Crippen molar-refractivity contribution in [3.8, 4) is 5.75 Å². The molecule has 3 N–H and O–H groups in total. The van der Waals surface area contributed by atoms with Crippen molar-refractivity contribution >= 4 is 45.7 Å². The van der Waals surface area contributed by atoms with Gasteiger partial charge in [0.1, 0.15) is 33.8 Å². The number of furan rings is 1. The van der Waals surface area contributed by atoms with Gasteiger partial charge in [-0.3, -0.25) is 19.6 Å². The van der Waals surface area contributed by atoms with Crippen LogP contribution in [-0.4, -0.2) is 51.3 Å². The third-order valence-corrected chi connectivity index (χ3v) is 7.27. The lowest BCUT2D eigenvalue weighted by molar-refractivity contribution is -0.120. The van der Waals surface area contributed by atoms with Crippen LogP contribution in [0, 0.1) is 0 Å². The molecule has 4 heterocycles. The number of pyridine rings is 1. The monoisotopic (exact) mass is 557 g/mol. The van der Waals surface area contributed by atoms with Gasteiger partial charge >= 0.3 is 6.03 Å². The molecule has 1 aromatic carbocycles. The van der Waals surface area contributed by atoms with Gasteiger partial charge in [-0.2, -0.15) is 0 Å². The molecule has 2 fully saturated rings. The molecule has 0 spiro atoms. The molecule has 210 valence electrons. The lowest BCUT2D eigenvalue weighted by atomic mass is 10.1. The first kappa shape index (κ1) is 29.6. The number of rotatable bonds is 5. The summed E-state index contributed by atoms with van der Waals surface area (Å²) in [6.07, 6.45) is 1.93. The highest BCUT2D eigenvalue weighted by Crippen LogP contribution is 2.29. The highest BCUT2D eigenvalue weighted by atomic mass is 32.2. The third-order valence-electron chi connectivity index (χ3n) is 5.79. The second-order valence-corrected chi connectivity index (χ2v) is 9.87. The van der Waals surface area contributed by atoms with Gasteiger partial charge in [-0.15, -0.1) is 0 Å². The lowest BCUT2D eigenvalue weighted by Crippen LogP contribution is -2.22. The van der Waals surface area contributed by atoms with Gasteiger partial charge in [-0.25, -0.2) is 14.0 Å². The van der Waals surface area contributed by atoms with E-state index >= 15 is 0 Å². The summed E-state index contributed by atoms with van der Waals surface area (Å²) in [7, 11) is 2.28. The molecule has 1 saturated heterocycles. The highest BCUT2D eigenvalue weighted by molar-refractivity contribution is 7.87. The van der Waals surface area contributed by atoms with Gasteiger partial charge in [0, 0.05) is 25.2 Å². The topological polar surface area (TPSA) is 143 Å². The quantitative estimate of drug-likeness (QED) is 0.397. The van der Waals surface area contributed by atoms with Crippen LogP contribution in [0.15, 0.2) is 40.8 Å². The van der Waals surface area contributed by atoms with E-state index in [4.69, 9.17) is 9.15 Å². The van der Waals surface area contributed by atoms with Crippen molar-refractivity contribution in [2.75, 3.05) is 18.9 Å². The van der Waals surface area contributed by atoms with E-state index < -0.39 is 29.0 Å². The zero-order valence-electron chi connectivity index (χ0n) is 23.0. The van der Waals surface area contributed by atoms with Crippen molar-refractivity contribution in [1.29, 1.82) is 0 Å². The van der Waals surface area contributed by atoms with E-state index in [1.54, 1.807) is 43.3 Å². The normalized spacial score (nSPS) is 17.8. The molecule has 3 aliphatic rings. The fourth-order valence-electron chi connectivity index (χ4n) is 3.78. The van der Waals surface area contributed by atoms with Gasteiger partial charge in [0.05, 0.1) is 12.4 Å². The summed E-state index contributed by atoms with van der Waals surface area (Å²) in [5.74, 6) is 1.16. The van der Waals surface area contributed by atoms with Crippen molar-refractivity contribution in [3.05, 3.63) is 53.3 Å². The van der Waals surface area contributed by atoms with Crippen molar-refractivity contribution in [2.24, 2.45) is 0 Å². The summed E-state index contributed by atoms with van der Waals surface area (Å²) in [6, 6.07) is 9.17. The standard InChI is InChI=1S/C13H12N4O4S.C10H11NO2.2C2H6/c18-12-11(15-13(19)16-12)9-5-7-8(21-9)3-4-10(14-7)17-22(20)6-1-2-6;1-11-6-7-3-4-8(13-2)5-9(7)10(11)12;2*1-2/h3-6,11H,1-2H2,(H,14,17)(H2,15,16,18,19);3-5H,6H2,1-2H3;2*1-2H3. The van der Waals surface area contributed by atoms with Crippen molar-refractivity contribution in [2.45, 2.75) is 58.4 Å². The number of hydrogen-bond acceptors (Lipinski definition) is 7. The maximum absolute atomic E-state index is 11.8. The number of fused-ring (bicyclic) bond motifs is 2. The second-order valence-electron chi connectivity index (χ2n) is 8.41. The number of nitrogens with zero attached hydrogens (tertiary/aromatic N) is 2. The Balaban J connectivity index is 0.000000211. The molecular formula is C27H35N5O6S. The van der Waals surface area contributed by atoms with Crippen LogP contribution in [0.5, 0.6) is 5.75 Å². The van der Waals surface area contributed by atoms with Crippen LogP contribution in [0.4, 0.5) is 10.6 Å². The molecule has 0 bridgehead atoms. The SMILES string of the molecule is CC.CC.COc1ccc2c(c1)C(=O)N(C)C2.O=C1NC(=O)C(c2cc3nc(NS(=O)C4CC4)ccc3o2)N1. The van der Waals surface area contributed by atoms with E-state index in [1.807, 2.05) is 39.8 Å². The van der Waals surface area contributed by atoms with E-state index in [-0.39, 0.29) is 11.2 Å². The first-order chi connectivity index (χ1) is 18.8. The molecule has 39 heavy (non-hydrogen) atoms. The van der Waals surface area contributed by atoms with Crippen LogP contribution >= 0.6 is 0 Å². The number of anilines is 1. The Morgan fingerprint density at radius 1 is 1.08 bits per heavy atom. The third kappa shape index (κ3) is 6.94. The number of imide groups is 1. The Hall–Kier alpha value is -3.93. The van der Waals surface area contributed by atoms with Crippen molar-refractivity contribution in [1.82, 2.24) is 20.5 Å². The maximum atomic E-state index is 11.8. The van der Waals surface area contributed by atoms with Crippen LogP contribution in [0.1, 0.15) is 68.3 Å². The summed E-state index contributed by atoms with van der Waals surface area (Å²) in [5.41, 5.74) is 2.86. The Bertz CT molecular complexity index is 1370. The number of aromatic nitrogens is 1. The minimum absolute atomic E-state index is 0.0777. The Labute approximate surface area is 230 Å². The van der Waals surface area contributed by atoms with Gasteiger partial charge in [-0.1, -0.05) is 33.8 Å². The summed E-state index contributed by atoms with van der Waals surface area (Å²) >= 11 is 0. The number of nitrogens with one attached hydrogen (secondary N) is 3. The van der Waals surface area contributed by atoms with Crippen molar-refractivity contribution in [3.63, 3.8) is 0 Å². The molecule has 1 saturated carbocycles. The number of ether oxygens (including phenoxy) is 1. The molecule has 2 atom stereocenters. The van der Waals surface area contributed by atoms with Crippen molar-refractivity contribution < 1.29 is 27.7 Å². The second kappa shape index (κ2) is 13.2. The zero-order valence-corrected chi connectivity index (χ0v) is 23.8. The molecule has 3 aromatic rings. The van der Waals surface area contributed by atoms with E-state index in [1.165, 1.54) is 0 Å². The Morgan fingerprint density at radius 2 is 1.79 bits per heavy atom. The minimum atomic E-state index is -1.12. The number of urea groups is 1. The molecule has 11 nitrogen and oxygen atoms in total. The summed E-state index contributed by atoms with van der Waals surface area (Å²) in [6.45, 7) is 8.71. The largest absolute Gasteiger partial charge is 0.497 e. The van der Waals surface area contributed by atoms with E-state index in [9.17, 15) is 18.6 Å². The first-order valence-corrected chi connectivity index (χ1v) is 14.1. The first-order valence-electron chi connectivity index (χ1n) is 12.9. The number of hydrogen-bond donors (Lipinski definition) is 3. The average molecular weight is 558 g/mol. The van der Waals surface area contributed by atoms with E-state index in [0.29, 0.717) is 29.2 Å². The number of methoxy groups -OCH3 is 1. The number of amides is 4. The summed E-state index contributed by atoms with van der Waals surface area (Å²) in [5, 5.41) is 4.81. The maximum Gasteiger partial charge on any atom is 0.322 e. The van der Waals surface area contributed by atoms with Gasteiger partial charge in [0.25, 0.3) is 11.8 Å². The molecule has 2 aromatic heterocycles. The average Bonchev–Trinajstić information content (AvgIpc) is 3.56. The van der Waals surface area contributed by atoms with Gasteiger partial charge < -0.3 is 19.4 Å². The van der Waals surface area contributed by atoms with Crippen LogP contribution < -0.4 is 20.1 Å². The Morgan fingerprint density at radius 3 is 2.41 bits per heavy atom. The molecule has 4 amide bonds. The molecule has 2 aliphatic heterocycles. The van der Waals surface area contributed by atoms with Crippen LogP contribution in [-0.2, 0) is 22.3 Å². The molecule has 0 radical (unpaired) electrons. The minimum Gasteiger partial charge on any atom is -0.497 e.